The molecule has 0 spiro atoms. The molecule has 0 atom stereocenters. The molecular weight excluding hydrogens is 280 g/mol. The van der Waals surface area contributed by atoms with Crippen molar-refractivity contribution in [1.29, 1.82) is 0 Å². The van der Waals surface area contributed by atoms with Crippen LogP contribution in [0.25, 0.3) is 0 Å². The highest BCUT2D eigenvalue weighted by molar-refractivity contribution is 5.71. The van der Waals surface area contributed by atoms with E-state index in [1.54, 1.807) is 27.7 Å². The van der Waals surface area contributed by atoms with Crippen molar-refractivity contribution >= 4 is 11.9 Å². The van der Waals surface area contributed by atoms with E-state index in [-0.39, 0.29) is 25.4 Å². The van der Waals surface area contributed by atoms with Crippen molar-refractivity contribution in [3.05, 3.63) is 0 Å². The molecule has 0 aliphatic carbocycles. The highest BCUT2D eigenvalue weighted by Gasteiger charge is 2.06. The number of hydrogen-bond acceptors (Lipinski definition) is 7. The third kappa shape index (κ3) is 15.0. The van der Waals surface area contributed by atoms with E-state index in [0.29, 0.717) is 26.4 Å². The SMILES string of the molecule is CC(C)OC(=O)COCCOCCOCC(=O)OC(C)C. The van der Waals surface area contributed by atoms with E-state index in [1.165, 1.54) is 0 Å². The van der Waals surface area contributed by atoms with Crippen molar-refractivity contribution in [1.82, 2.24) is 0 Å². The summed E-state index contributed by atoms with van der Waals surface area (Å²) in [6, 6.07) is 0. The number of carbonyl (C=O) groups is 2. The molecule has 0 rings (SSSR count). The Morgan fingerprint density at radius 3 is 1.33 bits per heavy atom. The molecule has 0 heterocycles. The lowest BCUT2D eigenvalue weighted by Gasteiger charge is -2.09. The molecule has 21 heavy (non-hydrogen) atoms. The van der Waals surface area contributed by atoms with Gasteiger partial charge in [-0.05, 0) is 27.7 Å². The van der Waals surface area contributed by atoms with Crippen molar-refractivity contribution in [2.75, 3.05) is 39.6 Å². The highest BCUT2D eigenvalue weighted by atomic mass is 16.6. The summed E-state index contributed by atoms with van der Waals surface area (Å²) >= 11 is 0. The summed E-state index contributed by atoms with van der Waals surface area (Å²) in [6.45, 7) is 8.21. The zero-order valence-electron chi connectivity index (χ0n) is 13.3. The standard InChI is InChI=1S/C14H26O7/c1-11(2)20-13(15)9-18-7-5-17-6-8-19-10-14(16)21-12(3)4/h11-12H,5-10H2,1-4H3. The maximum atomic E-state index is 11.1. The second-order valence-corrected chi connectivity index (χ2v) is 4.79. The Morgan fingerprint density at radius 2 is 1.00 bits per heavy atom. The van der Waals surface area contributed by atoms with Gasteiger partial charge in [-0.2, -0.15) is 0 Å². The molecule has 0 fully saturated rings. The molecule has 0 amide bonds. The molecule has 0 bridgehead atoms. The van der Waals surface area contributed by atoms with Crippen LogP contribution in [0.4, 0.5) is 0 Å². The summed E-state index contributed by atoms with van der Waals surface area (Å²) in [5.41, 5.74) is 0. The molecule has 124 valence electrons. The number of ether oxygens (including phenoxy) is 5. The lowest BCUT2D eigenvalue weighted by molar-refractivity contribution is -0.153. The number of carbonyl (C=O) groups excluding carboxylic acids is 2. The molecule has 0 unspecified atom stereocenters. The molecular formula is C14H26O7. The summed E-state index contributed by atoms with van der Waals surface area (Å²) in [6.07, 6.45) is -0.284. The van der Waals surface area contributed by atoms with Gasteiger partial charge in [0.2, 0.25) is 0 Å². The average molecular weight is 306 g/mol. The van der Waals surface area contributed by atoms with Gasteiger partial charge in [0.25, 0.3) is 0 Å². The summed E-state index contributed by atoms with van der Waals surface area (Å²) in [5, 5.41) is 0. The Kier molecular flexibility index (Phi) is 11.8. The first-order valence-corrected chi connectivity index (χ1v) is 7.04. The van der Waals surface area contributed by atoms with Gasteiger partial charge in [-0.25, -0.2) is 9.59 Å². The van der Waals surface area contributed by atoms with Crippen LogP contribution >= 0.6 is 0 Å². The Bertz CT molecular complexity index is 261. The number of hydrogen-bond donors (Lipinski definition) is 0. The van der Waals surface area contributed by atoms with E-state index in [9.17, 15) is 9.59 Å². The molecule has 0 aliphatic heterocycles. The maximum Gasteiger partial charge on any atom is 0.332 e. The highest BCUT2D eigenvalue weighted by Crippen LogP contribution is 1.91. The molecule has 7 heteroatoms. The van der Waals surface area contributed by atoms with Gasteiger partial charge in [-0.15, -0.1) is 0 Å². The summed E-state index contributed by atoms with van der Waals surface area (Å²) in [7, 11) is 0. The van der Waals surface area contributed by atoms with Crippen LogP contribution in [-0.4, -0.2) is 63.8 Å². The van der Waals surface area contributed by atoms with E-state index in [0.717, 1.165) is 0 Å². The zero-order valence-corrected chi connectivity index (χ0v) is 13.3. The van der Waals surface area contributed by atoms with E-state index in [1.807, 2.05) is 0 Å². The summed E-state index contributed by atoms with van der Waals surface area (Å²) in [4.78, 5) is 22.2. The molecule has 7 nitrogen and oxygen atoms in total. The first-order valence-electron chi connectivity index (χ1n) is 7.04. The van der Waals surface area contributed by atoms with Crippen LogP contribution in [0.2, 0.25) is 0 Å². The molecule has 0 N–H and O–H groups in total. The first-order chi connectivity index (χ1) is 9.91. The van der Waals surface area contributed by atoms with Gasteiger partial charge in [-0.3, -0.25) is 0 Å². The van der Waals surface area contributed by atoms with Crippen LogP contribution in [0.15, 0.2) is 0 Å². The van der Waals surface area contributed by atoms with Gasteiger partial charge in [0.05, 0.1) is 38.6 Å². The minimum absolute atomic E-state index is 0.0842. The third-order valence-electron chi connectivity index (χ3n) is 1.92. The van der Waals surface area contributed by atoms with Crippen LogP contribution in [0.1, 0.15) is 27.7 Å². The lowest BCUT2D eigenvalue weighted by atomic mass is 10.5. The van der Waals surface area contributed by atoms with Crippen LogP contribution in [0.5, 0.6) is 0 Å². The quantitative estimate of drug-likeness (QED) is 0.392. The second kappa shape index (κ2) is 12.6. The van der Waals surface area contributed by atoms with Gasteiger partial charge < -0.3 is 23.7 Å². The number of esters is 2. The Labute approximate surface area is 125 Å². The lowest BCUT2D eigenvalue weighted by Crippen LogP contribution is -2.20. The maximum absolute atomic E-state index is 11.1. The van der Waals surface area contributed by atoms with Gasteiger partial charge in [-0.1, -0.05) is 0 Å². The second-order valence-electron chi connectivity index (χ2n) is 4.79. The molecule has 0 radical (unpaired) electrons. The molecule has 0 saturated heterocycles. The summed E-state index contributed by atoms with van der Waals surface area (Å²) < 4.78 is 25.1. The largest absolute Gasteiger partial charge is 0.461 e. The summed E-state index contributed by atoms with van der Waals surface area (Å²) in [5.74, 6) is -0.783. The Balaban J connectivity index is 3.26. The topological polar surface area (TPSA) is 80.3 Å². The van der Waals surface area contributed by atoms with E-state index in [4.69, 9.17) is 23.7 Å². The molecule has 0 aromatic rings. The smallest absolute Gasteiger partial charge is 0.332 e. The molecule has 0 saturated carbocycles. The van der Waals surface area contributed by atoms with Crippen molar-refractivity contribution < 1.29 is 33.3 Å². The zero-order chi connectivity index (χ0) is 16.1. The number of rotatable bonds is 12. The van der Waals surface area contributed by atoms with Gasteiger partial charge >= 0.3 is 11.9 Å². The third-order valence-corrected chi connectivity index (χ3v) is 1.92. The fraction of sp³-hybridized carbons (Fsp3) is 0.857. The average Bonchev–Trinajstić information content (AvgIpc) is 2.34. The van der Waals surface area contributed by atoms with E-state index in [2.05, 4.69) is 0 Å². The predicted molar refractivity (Wildman–Crippen MR) is 74.9 cm³/mol. The van der Waals surface area contributed by atoms with E-state index < -0.39 is 11.9 Å². The fourth-order valence-corrected chi connectivity index (χ4v) is 1.24. The Hall–Kier alpha value is -1.18. The molecule has 0 aromatic heterocycles. The Morgan fingerprint density at radius 1 is 0.667 bits per heavy atom. The van der Waals surface area contributed by atoms with Crippen molar-refractivity contribution in [3.8, 4) is 0 Å². The minimum Gasteiger partial charge on any atom is -0.461 e. The van der Waals surface area contributed by atoms with Gasteiger partial charge in [0, 0.05) is 0 Å². The van der Waals surface area contributed by atoms with Crippen molar-refractivity contribution in [2.45, 2.75) is 39.9 Å². The minimum atomic E-state index is -0.392. The van der Waals surface area contributed by atoms with Crippen molar-refractivity contribution in [3.63, 3.8) is 0 Å². The van der Waals surface area contributed by atoms with Crippen molar-refractivity contribution in [2.24, 2.45) is 0 Å². The van der Waals surface area contributed by atoms with Crippen LogP contribution in [0, 0.1) is 0 Å². The monoisotopic (exact) mass is 306 g/mol. The van der Waals surface area contributed by atoms with Crippen LogP contribution in [-0.2, 0) is 33.3 Å². The fourth-order valence-electron chi connectivity index (χ4n) is 1.24. The predicted octanol–water partition coefficient (Wildman–Crippen LogP) is 0.939. The normalized spacial score (nSPS) is 11.0. The molecule has 0 aromatic carbocycles. The van der Waals surface area contributed by atoms with E-state index >= 15 is 0 Å². The van der Waals surface area contributed by atoms with Crippen LogP contribution in [0.3, 0.4) is 0 Å². The van der Waals surface area contributed by atoms with Crippen LogP contribution < -0.4 is 0 Å². The van der Waals surface area contributed by atoms with Gasteiger partial charge in [0.15, 0.2) is 0 Å². The van der Waals surface area contributed by atoms with Gasteiger partial charge in [0.1, 0.15) is 13.2 Å². The first kappa shape index (κ1) is 19.8. The molecule has 0 aliphatic rings.